The van der Waals surface area contributed by atoms with Crippen molar-refractivity contribution in [1.82, 2.24) is 19.7 Å². The summed E-state index contributed by atoms with van der Waals surface area (Å²) in [5.74, 6) is 0.839. The van der Waals surface area contributed by atoms with E-state index in [1.165, 1.54) is 0 Å². The zero-order valence-corrected chi connectivity index (χ0v) is 9.30. The monoisotopic (exact) mass is 217 g/mol. The van der Waals surface area contributed by atoms with Gasteiger partial charge in [-0.25, -0.2) is 4.98 Å². The molecule has 0 aromatic carbocycles. The van der Waals surface area contributed by atoms with Crippen LogP contribution in [0, 0.1) is 6.92 Å². The maximum Gasteiger partial charge on any atom is 0.148 e. The smallest absolute Gasteiger partial charge is 0.148 e. The molecule has 1 N–H and O–H groups in total. The highest BCUT2D eigenvalue weighted by molar-refractivity contribution is 5.34. The molecule has 16 heavy (non-hydrogen) atoms. The molecule has 0 saturated heterocycles. The molecule has 0 atom stereocenters. The Balaban J connectivity index is 1.72. The highest BCUT2D eigenvalue weighted by atomic mass is 15.2. The maximum absolute atomic E-state index is 3.99. The third-order valence-corrected chi connectivity index (χ3v) is 2.25. The molecule has 0 aliphatic carbocycles. The highest BCUT2D eigenvalue weighted by Gasteiger charge is 1.95. The SMILES string of the molecule is Cc1cnnc(NCCCn2ccnc2)c1. The van der Waals surface area contributed by atoms with Crippen LogP contribution in [-0.2, 0) is 6.54 Å². The first kappa shape index (κ1) is 10.6. The van der Waals surface area contributed by atoms with Gasteiger partial charge in [0.05, 0.1) is 12.5 Å². The van der Waals surface area contributed by atoms with Gasteiger partial charge in [0.2, 0.25) is 0 Å². The lowest BCUT2D eigenvalue weighted by Crippen LogP contribution is -2.07. The van der Waals surface area contributed by atoms with E-state index < -0.39 is 0 Å². The zero-order valence-electron chi connectivity index (χ0n) is 9.30. The minimum Gasteiger partial charge on any atom is -0.369 e. The molecule has 0 spiro atoms. The largest absolute Gasteiger partial charge is 0.369 e. The summed E-state index contributed by atoms with van der Waals surface area (Å²) in [6.45, 7) is 3.86. The van der Waals surface area contributed by atoms with Gasteiger partial charge in [-0.3, -0.25) is 0 Å². The lowest BCUT2D eigenvalue weighted by atomic mass is 10.3. The van der Waals surface area contributed by atoms with Crippen molar-refractivity contribution in [3.8, 4) is 0 Å². The van der Waals surface area contributed by atoms with Crippen LogP contribution in [-0.4, -0.2) is 26.3 Å². The van der Waals surface area contributed by atoms with Gasteiger partial charge < -0.3 is 9.88 Å². The van der Waals surface area contributed by atoms with Crippen molar-refractivity contribution in [3.05, 3.63) is 36.5 Å². The van der Waals surface area contributed by atoms with Crippen LogP contribution in [0.2, 0.25) is 0 Å². The number of hydrogen-bond acceptors (Lipinski definition) is 4. The van der Waals surface area contributed by atoms with E-state index in [-0.39, 0.29) is 0 Å². The minimum atomic E-state index is 0.839. The molecule has 0 fully saturated rings. The van der Waals surface area contributed by atoms with Crippen molar-refractivity contribution in [3.63, 3.8) is 0 Å². The minimum absolute atomic E-state index is 0.839. The summed E-state index contributed by atoms with van der Waals surface area (Å²) in [5.41, 5.74) is 1.12. The van der Waals surface area contributed by atoms with Gasteiger partial charge in [-0.2, -0.15) is 5.10 Å². The predicted octanol–water partition coefficient (Wildman–Crippen LogP) is 1.48. The highest BCUT2D eigenvalue weighted by Crippen LogP contribution is 2.03. The summed E-state index contributed by atoms with van der Waals surface area (Å²) in [4.78, 5) is 3.99. The molecule has 5 heteroatoms. The molecule has 5 nitrogen and oxygen atoms in total. The number of imidazole rings is 1. The molecule has 0 bridgehead atoms. The molecule has 0 radical (unpaired) electrons. The summed E-state index contributed by atoms with van der Waals surface area (Å²) >= 11 is 0. The number of rotatable bonds is 5. The fourth-order valence-corrected chi connectivity index (χ4v) is 1.45. The van der Waals surface area contributed by atoms with E-state index in [9.17, 15) is 0 Å². The van der Waals surface area contributed by atoms with Crippen molar-refractivity contribution in [2.24, 2.45) is 0 Å². The Hall–Kier alpha value is -1.91. The topological polar surface area (TPSA) is 55.6 Å². The standard InChI is InChI=1S/C11H15N5/c1-10-7-11(15-14-8-10)13-3-2-5-16-6-4-12-9-16/h4,6-9H,2-3,5H2,1H3,(H,13,15). The zero-order chi connectivity index (χ0) is 11.2. The van der Waals surface area contributed by atoms with Gasteiger partial charge in [-0.05, 0) is 25.0 Å². The van der Waals surface area contributed by atoms with Crippen LogP contribution in [0.5, 0.6) is 0 Å². The number of hydrogen-bond donors (Lipinski definition) is 1. The van der Waals surface area contributed by atoms with E-state index in [2.05, 4.69) is 25.1 Å². The van der Waals surface area contributed by atoms with Gasteiger partial charge in [0, 0.05) is 25.5 Å². The summed E-state index contributed by atoms with van der Waals surface area (Å²) < 4.78 is 2.06. The molecule has 84 valence electrons. The Morgan fingerprint density at radius 1 is 1.44 bits per heavy atom. The number of aryl methyl sites for hydroxylation is 2. The number of nitrogens with zero attached hydrogens (tertiary/aromatic N) is 4. The lowest BCUT2D eigenvalue weighted by Gasteiger charge is -2.05. The Kier molecular flexibility index (Phi) is 3.48. The summed E-state index contributed by atoms with van der Waals surface area (Å²) in [6, 6.07) is 1.99. The first-order valence-electron chi connectivity index (χ1n) is 5.33. The van der Waals surface area contributed by atoms with Crippen molar-refractivity contribution >= 4 is 5.82 Å². The fraction of sp³-hybridized carbons (Fsp3) is 0.364. The summed E-state index contributed by atoms with van der Waals surface area (Å²) in [5, 5.41) is 11.1. The normalized spacial score (nSPS) is 10.3. The van der Waals surface area contributed by atoms with Crippen LogP contribution in [0.3, 0.4) is 0 Å². The first-order chi connectivity index (χ1) is 7.84. The third kappa shape index (κ3) is 3.05. The predicted molar refractivity (Wildman–Crippen MR) is 62.1 cm³/mol. The van der Waals surface area contributed by atoms with Crippen LogP contribution in [0.1, 0.15) is 12.0 Å². The Labute approximate surface area is 94.5 Å². The van der Waals surface area contributed by atoms with Crippen LogP contribution in [0.25, 0.3) is 0 Å². The van der Waals surface area contributed by atoms with Gasteiger partial charge in [0.15, 0.2) is 0 Å². The van der Waals surface area contributed by atoms with Crippen molar-refractivity contribution in [1.29, 1.82) is 0 Å². The number of anilines is 1. The van der Waals surface area contributed by atoms with Crippen LogP contribution < -0.4 is 5.32 Å². The average molecular weight is 217 g/mol. The maximum atomic E-state index is 3.99. The van der Waals surface area contributed by atoms with Crippen molar-refractivity contribution in [2.75, 3.05) is 11.9 Å². The molecule has 0 aliphatic heterocycles. The molecule has 0 aliphatic rings. The average Bonchev–Trinajstić information content (AvgIpc) is 2.77. The van der Waals surface area contributed by atoms with E-state index in [0.717, 1.165) is 30.9 Å². The molecular formula is C11H15N5. The molecule has 0 amide bonds. The molecular weight excluding hydrogens is 202 g/mol. The van der Waals surface area contributed by atoms with Crippen LogP contribution in [0.4, 0.5) is 5.82 Å². The quantitative estimate of drug-likeness (QED) is 0.771. The number of aromatic nitrogens is 4. The van der Waals surface area contributed by atoms with Gasteiger partial charge >= 0.3 is 0 Å². The summed E-state index contributed by atoms with van der Waals surface area (Å²) in [6.07, 6.45) is 8.36. The molecule has 2 aromatic heterocycles. The van der Waals surface area contributed by atoms with Gasteiger partial charge in [-0.1, -0.05) is 0 Å². The van der Waals surface area contributed by atoms with E-state index in [4.69, 9.17) is 0 Å². The molecule has 2 rings (SSSR count). The van der Waals surface area contributed by atoms with Crippen LogP contribution >= 0.6 is 0 Å². The number of nitrogens with one attached hydrogen (secondary N) is 1. The second-order valence-corrected chi connectivity index (χ2v) is 3.70. The second-order valence-electron chi connectivity index (χ2n) is 3.70. The molecule has 0 saturated carbocycles. The van der Waals surface area contributed by atoms with E-state index >= 15 is 0 Å². The molecule has 2 aromatic rings. The second kappa shape index (κ2) is 5.25. The van der Waals surface area contributed by atoms with Crippen LogP contribution in [0.15, 0.2) is 31.0 Å². The Bertz CT molecular complexity index is 424. The van der Waals surface area contributed by atoms with Gasteiger partial charge in [0.1, 0.15) is 5.82 Å². The first-order valence-corrected chi connectivity index (χ1v) is 5.33. The fourth-order valence-electron chi connectivity index (χ4n) is 1.45. The van der Waals surface area contributed by atoms with E-state index in [1.54, 1.807) is 12.4 Å². The van der Waals surface area contributed by atoms with Gasteiger partial charge in [0.25, 0.3) is 0 Å². The molecule has 0 unspecified atom stereocenters. The Morgan fingerprint density at radius 2 is 2.38 bits per heavy atom. The third-order valence-electron chi connectivity index (χ3n) is 2.25. The van der Waals surface area contributed by atoms with Crippen molar-refractivity contribution in [2.45, 2.75) is 19.9 Å². The Morgan fingerprint density at radius 3 is 3.12 bits per heavy atom. The van der Waals surface area contributed by atoms with E-state index in [0.29, 0.717) is 0 Å². The van der Waals surface area contributed by atoms with E-state index in [1.807, 2.05) is 25.5 Å². The van der Waals surface area contributed by atoms with Gasteiger partial charge in [-0.15, -0.1) is 5.10 Å². The van der Waals surface area contributed by atoms with Crippen molar-refractivity contribution < 1.29 is 0 Å². The molecule has 2 heterocycles. The lowest BCUT2D eigenvalue weighted by molar-refractivity contribution is 0.659. The summed E-state index contributed by atoms with van der Waals surface area (Å²) in [7, 11) is 0.